The zero-order chi connectivity index (χ0) is 17.3. The topological polar surface area (TPSA) is 67.1 Å². The Bertz CT molecular complexity index is 932. The second-order valence-corrected chi connectivity index (χ2v) is 6.39. The maximum absolute atomic E-state index is 11.8. The lowest BCUT2D eigenvalue weighted by Crippen LogP contribution is -2.83. The normalized spacial score (nSPS) is 12.5. The fourth-order valence-electron chi connectivity index (χ4n) is 2.79. The van der Waals surface area contributed by atoms with Crippen LogP contribution in [0.3, 0.4) is 0 Å². The predicted octanol–water partition coefficient (Wildman–Crippen LogP) is 3.29. The largest absolute Gasteiger partial charge is 0.508 e. The van der Waals surface area contributed by atoms with E-state index in [9.17, 15) is 9.90 Å². The summed E-state index contributed by atoms with van der Waals surface area (Å²) in [4.78, 5) is 11.8. The first-order chi connectivity index (χ1) is 11.5. The first-order valence-electron chi connectivity index (χ1n) is 7.80. The third-order valence-corrected chi connectivity index (χ3v) is 4.56. The lowest BCUT2D eigenvalue weighted by Gasteiger charge is -2.12. The Morgan fingerprint density at radius 2 is 1.92 bits per heavy atom. The van der Waals surface area contributed by atoms with Gasteiger partial charge in [-0.1, -0.05) is 23.7 Å². The molecule has 3 aromatic rings. The highest BCUT2D eigenvalue weighted by molar-refractivity contribution is 6.30. The van der Waals surface area contributed by atoms with Gasteiger partial charge in [0, 0.05) is 33.2 Å². The van der Waals surface area contributed by atoms with Crippen LogP contribution < -0.4 is 10.9 Å². The second-order valence-electron chi connectivity index (χ2n) is 5.96. The van der Waals surface area contributed by atoms with E-state index in [-0.39, 0.29) is 11.8 Å². The van der Waals surface area contributed by atoms with Gasteiger partial charge in [-0.05, 0) is 38.1 Å². The molecule has 4 nitrogen and oxygen atoms in total. The van der Waals surface area contributed by atoms with Crippen LogP contribution in [0, 0.1) is 6.92 Å². The number of aromatic hydroxyl groups is 1. The summed E-state index contributed by atoms with van der Waals surface area (Å²) in [6.07, 6.45) is 0. The van der Waals surface area contributed by atoms with E-state index < -0.39 is 5.63 Å². The molecule has 0 saturated carbocycles. The molecule has 3 rings (SSSR count). The smallest absolute Gasteiger partial charge is 0.336 e. The summed E-state index contributed by atoms with van der Waals surface area (Å²) in [6, 6.07) is 12.9. The summed E-state index contributed by atoms with van der Waals surface area (Å²) in [5.41, 5.74) is 2.69. The van der Waals surface area contributed by atoms with Crippen molar-refractivity contribution < 1.29 is 14.8 Å². The summed E-state index contributed by atoms with van der Waals surface area (Å²) in [5.74, 6) is 0.126. The van der Waals surface area contributed by atoms with Crippen LogP contribution in [0.25, 0.3) is 11.0 Å². The summed E-state index contributed by atoms with van der Waals surface area (Å²) in [5, 5.41) is 13.5. The quantitative estimate of drug-likeness (QED) is 0.714. The lowest BCUT2D eigenvalue weighted by molar-refractivity contribution is -0.707. The number of phenolic OH excluding ortho intramolecular Hbond substituents is 1. The molecule has 0 unspecified atom stereocenters. The van der Waals surface area contributed by atoms with E-state index in [1.165, 1.54) is 11.6 Å². The molecule has 2 aromatic carbocycles. The minimum absolute atomic E-state index is 0.126. The van der Waals surface area contributed by atoms with Gasteiger partial charge in [0.05, 0.1) is 0 Å². The number of benzene rings is 2. The maximum Gasteiger partial charge on any atom is 0.336 e. The van der Waals surface area contributed by atoms with E-state index in [0.717, 1.165) is 10.9 Å². The van der Waals surface area contributed by atoms with E-state index in [0.29, 0.717) is 22.7 Å². The van der Waals surface area contributed by atoms with Gasteiger partial charge in [-0.25, -0.2) is 4.79 Å². The van der Waals surface area contributed by atoms with Crippen molar-refractivity contribution in [3.8, 4) is 5.75 Å². The molecule has 0 fully saturated rings. The SMILES string of the molecule is Cc1c(O)ccc2c(C[NH2+][C@@H](C)c3ccc(Cl)cc3)cc(=O)oc12. The fraction of sp³-hybridized carbons (Fsp3) is 0.211. The number of aryl methyl sites for hydroxylation is 1. The Kier molecular flexibility index (Phi) is 4.60. The fourth-order valence-corrected chi connectivity index (χ4v) is 2.92. The molecule has 0 spiro atoms. The number of phenols is 1. The summed E-state index contributed by atoms with van der Waals surface area (Å²) < 4.78 is 5.27. The van der Waals surface area contributed by atoms with Gasteiger partial charge in [0.1, 0.15) is 23.9 Å². The summed E-state index contributed by atoms with van der Waals surface area (Å²) >= 11 is 5.92. The van der Waals surface area contributed by atoms with Gasteiger partial charge in [-0.2, -0.15) is 0 Å². The Morgan fingerprint density at radius 3 is 2.62 bits per heavy atom. The van der Waals surface area contributed by atoms with E-state index >= 15 is 0 Å². The van der Waals surface area contributed by atoms with Crippen molar-refractivity contribution in [2.75, 3.05) is 0 Å². The highest BCUT2D eigenvalue weighted by Gasteiger charge is 2.14. The molecule has 1 atom stereocenters. The Morgan fingerprint density at radius 1 is 1.21 bits per heavy atom. The van der Waals surface area contributed by atoms with Crippen molar-refractivity contribution in [2.45, 2.75) is 26.4 Å². The van der Waals surface area contributed by atoms with Crippen LogP contribution >= 0.6 is 11.6 Å². The maximum atomic E-state index is 11.8. The van der Waals surface area contributed by atoms with E-state index in [1.54, 1.807) is 19.1 Å². The van der Waals surface area contributed by atoms with E-state index in [4.69, 9.17) is 16.0 Å². The molecule has 0 aliphatic heterocycles. The Labute approximate surface area is 144 Å². The molecule has 0 aliphatic carbocycles. The zero-order valence-electron chi connectivity index (χ0n) is 13.5. The van der Waals surface area contributed by atoms with Crippen molar-refractivity contribution in [2.24, 2.45) is 0 Å². The van der Waals surface area contributed by atoms with E-state index in [1.807, 2.05) is 24.3 Å². The van der Waals surface area contributed by atoms with Gasteiger partial charge in [0.2, 0.25) is 0 Å². The van der Waals surface area contributed by atoms with Crippen LogP contribution in [-0.4, -0.2) is 5.11 Å². The Hall–Kier alpha value is -2.30. The average Bonchev–Trinajstić information content (AvgIpc) is 2.56. The number of halogens is 1. The van der Waals surface area contributed by atoms with Gasteiger partial charge in [0.15, 0.2) is 0 Å². The molecule has 1 heterocycles. The number of fused-ring (bicyclic) bond motifs is 1. The van der Waals surface area contributed by atoms with Gasteiger partial charge in [0.25, 0.3) is 0 Å². The molecule has 1 aromatic heterocycles. The highest BCUT2D eigenvalue weighted by Crippen LogP contribution is 2.27. The highest BCUT2D eigenvalue weighted by atomic mass is 35.5. The number of hydrogen-bond donors (Lipinski definition) is 2. The second kappa shape index (κ2) is 6.67. The number of nitrogens with two attached hydrogens (primary N) is 1. The first-order valence-corrected chi connectivity index (χ1v) is 8.17. The first kappa shape index (κ1) is 16.6. The molecular weight excluding hydrogens is 326 g/mol. The standard InChI is InChI=1S/C19H18ClNO3/c1-11-17(22)8-7-16-14(9-18(23)24-19(11)16)10-21-12(2)13-3-5-15(20)6-4-13/h3-9,12,21-22H,10H2,1-2H3/p+1/t12-/m0/s1. The minimum Gasteiger partial charge on any atom is -0.508 e. The minimum atomic E-state index is -0.404. The summed E-state index contributed by atoms with van der Waals surface area (Å²) in [7, 11) is 0. The molecule has 0 radical (unpaired) electrons. The monoisotopic (exact) mass is 344 g/mol. The zero-order valence-corrected chi connectivity index (χ0v) is 14.3. The van der Waals surface area contributed by atoms with Crippen molar-refractivity contribution >= 4 is 22.6 Å². The average molecular weight is 345 g/mol. The van der Waals surface area contributed by atoms with Crippen molar-refractivity contribution in [3.63, 3.8) is 0 Å². The third-order valence-electron chi connectivity index (χ3n) is 4.31. The molecular formula is C19H19ClNO3+. The molecule has 5 heteroatoms. The predicted molar refractivity (Wildman–Crippen MR) is 94.4 cm³/mol. The number of quaternary nitrogens is 1. The van der Waals surface area contributed by atoms with Crippen LogP contribution in [0.1, 0.15) is 29.7 Å². The molecule has 0 amide bonds. The third kappa shape index (κ3) is 3.30. The molecule has 24 heavy (non-hydrogen) atoms. The molecule has 3 N–H and O–H groups in total. The van der Waals surface area contributed by atoms with Gasteiger partial charge in [-0.15, -0.1) is 0 Å². The number of rotatable bonds is 4. The van der Waals surface area contributed by atoms with Crippen molar-refractivity contribution in [1.29, 1.82) is 0 Å². The van der Waals surface area contributed by atoms with Crippen LogP contribution in [0.15, 0.2) is 51.7 Å². The molecule has 0 bridgehead atoms. The Balaban J connectivity index is 1.89. The van der Waals surface area contributed by atoms with Gasteiger partial charge in [-0.3, -0.25) is 0 Å². The number of hydrogen-bond acceptors (Lipinski definition) is 3. The van der Waals surface area contributed by atoms with Crippen molar-refractivity contribution in [1.82, 2.24) is 0 Å². The van der Waals surface area contributed by atoms with Crippen molar-refractivity contribution in [3.05, 3.63) is 74.6 Å². The molecule has 124 valence electrons. The van der Waals surface area contributed by atoms with Gasteiger partial charge >= 0.3 is 5.63 Å². The van der Waals surface area contributed by atoms with Crippen LogP contribution in [-0.2, 0) is 6.54 Å². The lowest BCUT2D eigenvalue weighted by atomic mass is 10.0. The van der Waals surface area contributed by atoms with Crippen LogP contribution in [0.2, 0.25) is 5.02 Å². The van der Waals surface area contributed by atoms with E-state index in [2.05, 4.69) is 12.2 Å². The van der Waals surface area contributed by atoms with Gasteiger partial charge < -0.3 is 14.8 Å². The summed E-state index contributed by atoms with van der Waals surface area (Å²) in [6.45, 7) is 4.48. The van der Waals surface area contributed by atoms with Crippen LogP contribution in [0.4, 0.5) is 0 Å². The van der Waals surface area contributed by atoms with Crippen LogP contribution in [0.5, 0.6) is 5.75 Å². The molecule has 0 saturated heterocycles. The molecule has 0 aliphatic rings.